The number of hydrogen-bond acceptors (Lipinski definition) is 2. The van der Waals surface area contributed by atoms with Gasteiger partial charge in [-0.05, 0) is 202 Å². The van der Waals surface area contributed by atoms with Crippen molar-refractivity contribution in [1.82, 2.24) is 18.3 Å². The number of nitrogens with zero attached hydrogens (tertiary/aromatic N) is 6. The predicted molar refractivity (Wildman–Crippen MR) is 425 cm³/mol. The Morgan fingerprint density at radius 2 is 0.430 bits per heavy atom. The van der Waals surface area contributed by atoms with Crippen molar-refractivity contribution in [2.24, 2.45) is 0 Å². The van der Waals surface area contributed by atoms with Gasteiger partial charge in [0, 0.05) is 99.4 Å². The number of aromatic nitrogens is 4. The molecule has 4 heterocycles. The van der Waals surface area contributed by atoms with Gasteiger partial charge in [0.25, 0.3) is 0 Å². The Morgan fingerprint density at radius 1 is 0.200 bits per heavy atom. The van der Waals surface area contributed by atoms with Gasteiger partial charge in [0.1, 0.15) is 0 Å². The first kappa shape index (κ1) is 57.6. The molecule has 4 aromatic heterocycles. The van der Waals surface area contributed by atoms with Crippen LogP contribution in [0.15, 0.2) is 328 Å². The summed E-state index contributed by atoms with van der Waals surface area (Å²) in [6.07, 6.45) is 0. The van der Waals surface area contributed by atoms with E-state index in [-0.39, 0.29) is 11.8 Å². The molecule has 16 aromatic carbocycles. The van der Waals surface area contributed by atoms with Crippen LogP contribution in [-0.2, 0) is 0 Å². The Kier molecular flexibility index (Phi) is 12.9. The van der Waals surface area contributed by atoms with E-state index in [1.165, 1.54) is 109 Å². The number of anilines is 6. The van der Waals surface area contributed by atoms with E-state index in [4.69, 9.17) is 0 Å². The third-order valence-corrected chi connectivity index (χ3v) is 21.4. The van der Waals surface area contributed by atoms with E-state index >= 15 is 0 Å². The molecule has 0 saturated heterocycles. The average Bonchev–Trinajstić information content (AvgIpc) is 1.66. The summed E-state index contributed by atoms with van der Waals surface area (Å²) in [4.78, 5) is 5.16. The lowest BCUT2D eigenvalue weighted by atomic mass is 9.84. The fourth-order valence-corrected chi connectivity index (χ4v) is 17.0. The lowest BCUT2D eigenvalue weighted by Crippen LogP contribution is -2.13. The zero-order valence-electron chi connectivity index (χ0n) is 56.0. The molecule has 0 fully saturated rings. The molecule has 0 amide bonds. The number of rotatable bonds is 12. The molecule has 20 aromatic rings. The summed E-state index contributed by atoms with van der Waals surface area (Å²) in [5, 5.41) is 17.1. The summed E-state index contributed by atoms with van der Waals surface area (Å²) in [5.41, 5.74) is 23.1. The molecule has 0 radical (unpaired) electrons. The van der Waals surface area contributed by atoms with Crippen LogP contribution in [0, 0.1) is 0 Å². The summed E-state index contributed by atoms with van der Waals surface area (Å²) in [6.45, 7) is 9.49. The van der Waals surface area contributed by atoms with Gasteiger partial charge >= 0.3 is 0 Å². The van der Waals surface area contributed by atoms with Gasteiger partial charge in [-0.15, -0.1) is 0 Å². The van der Waals surface area contributed by atoms with Gasteiger partial charge in [0.2, 0.25) is 0 Å². The van der Waals surface area contributed by atoms with Crippen LogP contribution in [0.1, 0.15) is 50.7 Å². The zero-order chi connectivity index (χ0) is 66.4. The molecular weight excluding hydrogens is 1210 g/mol. The van der Waals surface area contributed by atoms with Crippen molar-refractivity contribution in [3.63, 3.8) is 0 Å². The summed E-state index contributed by atoms with van der Waals surface area (Å²) in [5.74, 6) is 0.357. The summed E-state index contributed by atoms with van der Waals surface area (Å²) < 4.78 is 9.69. The Balaban J connectivity index is 0.880. The first-order valence-corrected chi connectivity index (χ1v) is 35.0. The molecular formula is C94H68N6. The molecule has 0 unspecified atom stereocenters. The molecule has 0 aliphatic rings. The van der Waals surface area contributed by atoms with E-state index in [2.05, 4.69) is 383 Å². The maximum atomic E-state index is 2.58. The molecule has 474 valence electrons. The molecule has 0 saturated carbocycles. The first-order chi connectivity index (χ1) is 49.3. The fourth-order valence-electron chi connectivity index (χ4n) is 17.0. The number of para-hydroxylation sites is 8. The molecule has 0 N–H and O–H groups in total. The normalized spacial score (nSPS) is 12.2. The molecule has 0 aliphatic heterocycles. The third-order valence-electron chi connectivity index (χ3n) is 21.4. The Labute approximate surface area is 579 Å². The topological polar surface area (TPSA) is 26.2 Å². The minimum absolute atomic E-state index is 0.179. The van der Waals surface area contributed by atoms with Gasteiger partial charge in [-0.25, -0.2) is 0 Å². The average molecular weight is 1280 g/mol. The molecule has 6 nitrogen and oxygen atoms in total. The van der Waals surface area contributed by atoms with Crippen molar-refractivity contribution in [1.29, 1.82) is 0 Å². The fraction of sp³-hybridized carbons (Fsp3) is 0.0638. The van der Waals surface area contributed by atoms with Crippen LogP contribution < -0.4 is 9.80 Å². The van der Waals surface area contributed by atoms with Crippen molar-refractivity contribution in [3.8, 4) is 22.7 Å². The van der Waals surface area contributed by atoms with Crippen molar-refractivity contribution < 1.29 is 0 Å². The highest BCUT2D eigenvalue weighted by Crippen LogP contribution is 2.53. The van der Waals surface area contributed by atoms with Gasteiger partial charge < -0.3 is 28.1 Å². The number of fused-ring (bicyclic) bond motifs is 12. The van der Waals surface area contributed by atoms with E-state index in [9.17, 15) is 0 Å². The van der Waals surface area contributed by atoms with E-state index < -0.39 is 0 Å². The van der Waals surface area contributed by atoms with Crippen LogP contribution in [0.4, 0.5) is 34.1 Å². The van der Waals surface area contributed by atoms with Gasteiger partial charge in [0.15, 0.2) is 0 Å². The monoisotopic (exact) mass is 1280 g/mol. The second-order valence-electron chi connectivity index (χ2n) is 27.6. The van der Waals surface area contributed by atoms with Gasteiger partial charge in [-0.3, -0.25) is 0 Å². The number of benzene rings is 16. The minimum atomic E-state index is 0.179. The van der Waals surface area contributed by atoms with E-state index in [0.29, 0.717) is 0 Å². The highest BCUT2D eigenvalue weighted by molar-refractivity contribution is 6.30. The molecule has 0 aliphatic carbocycles. The van der Waals surface area contributed by atoms with E-state index in [0.717, 1.165) is 78.9 Å². The molecule has 20 rings (SSSR count). The minimum Gasteiger partial charge on any atom is -0.310 e. The van der Waals surface area contributed by atoms with Crippen molar-refractivity contribution in [2.75, 3.05) is 9.80 Å². The van der Waals surface area contributed by atoms with E-state index in [1.54, 1.807) is 0 Å². The highest BCUT2D eigenvalue weighted by Gasteiger charge is 2.29. The maximum absolute atomic E-state index is 2.58. The van der Waals surface area contributed by atoms with Crippen LogP contribution in [0.5, 0.6) is 0 Å². The lowest BCUT2D eigenvalue weighted by Gasteiger charge is -2.32. The zero-order valence-corrected chi connectivity index (χ0v) is 56.0. The van der Waals surface area contributed by atoms with Gasteiger partial charge in [0.05, 0.1) is 55.5 Å². The van der Waals surface area contributed by atoms with Crippen LogP contribution in [0.3, 0.4) is 0 Å². The van der Waals surface area contributed by atoms with E-state index in [1.807, 2.05) is 0 Å². The van der Waals surface area contributed by atoms with Crippen LogP contribution >= 0.6 is 0 Å². The first-order valence-electron chi connectivity index (χ1n) is 35.0. The number of hydrogen-bond donors (Lipinski definition) is 0. The third kappa shape index (κ3) is 8.63. The standard InChI is InChI=1S/C94H68N6/c1-59(2)77-57-91(95(65-41-49-87-79(53-65)69-33-17-21-37-83(69)97(87)61-25-9-5-10-26-61)66-42-50-88-80(54-66)70-34-18-22-38-84(70)98(88)62-27-11-6-12-28-62)75-48-46-74-78(60(3)4)58-92(76-47-45-73(77)93(75)94(74)76)96(67-43-51-89-81(55-67)71-35-19-23-39-85(71)99(89)63-29-13-7-14-30-63)68-44-52-90-82(56-68)72-36-20-24-40-86(72)100(90)64-31-15-8-16-32-64/h5-60H,1-4H3. The van der Waals surface area contributed by atoms with Crippen LogP contribution in [0.2, 0.25) is 0 Å². The van der Waals surface area contributed by atoms with Gasteiger partial charge in [-0.2, -0.15) is 0 Å². The molecule has 0 bridgehead atoms. The Morgan fingerprint density at radius 3 is 0.690 bits per heavy atom. The second kappa shape index (κ2) is 22.5. The summed E-state index contributed by atoms with van der Waals surface area (Å²) >= 11 is 0. The van der Waals surface area contributed by atoms with Gasteiger partial charge in [-0.1, -0.05) is 198 Å². The Bertz CT molecular complexity index is 5930. The Hall–Kier alpha value is -12.6. The van der Waals surface area contributed by atoms with Crippen LogP contribution in [-0.4, -0.2) is 18.3 Å². The highest BCUT2D eigenvalue weighted by atomic mass is 15.2. The molecule has 0 spiro atoms. The lowest BCUT2D eigenvalue weighted by molar-refractivity contribution is 0.875. The molecule has 100 heavy (non-hydrogen) atoms. The summed E-state index contributed by atoms with van der Waals surface area (Å²) in [7, 11) is 0. The second-order valence-corrected chi connectivity index (χ2v) is 27.6. The predicted octanol–water partition coefficient (Wildman–Crippen LogP) is 26.2. The van der Waals surface area contributed by atoms with Crippen LogP contribution in [0.25, 0.3) is 142 Å². The smallest absolute Gasteiger partial charge is 0.0543 e. The molecule has 6 heteroatoms. The quantitative estimate of drug-likeness (QED) is 0.114. The van der Waals surface area contributed by atoms with Crippen molar-refractivity contribution >= 4 is 154 Å². The summed E-state index contributed by atoms with van der Waals surface area (Å²) in [6, 6.07) is 122. The SMILES string of the molecule is CC(C)c1cc(N(c2ccc3c(c2)c2ccccc2n3-c2ccccc2)c2ccc3c(c2)c2ccccc2n3-c2ccccc2)c2ccc3c(C(C)C)cc(N(c4ccc5c(c4)c4ccccc4n5-c4ccccc4)c4ccc5c(c4)c4ccccc4n5-c4ccccc4)c4ccc1c2c34. The maximum Gasteiger partial charge on any atom is 0.0543 e. The van der Waals surface area contributed by atoms with Crippen molar-refractivity contribution in [3.05, 3.63) is 339 Å². The largest absolute Gasteiger partial charge is 0.310 e. The molecule has 0 atom stereocenters. The van der Waals surface area contributed by atoms with Crippen molar-refractivity contribution in [2.45, 2.75) is 39.5 Å².